The Bertz CT molecular complexity index is 898. The lowest BCUT2D eigenvalue weighted by molar-refractivity contribution is 0.0526. The van der Waals surface area contributed by atoms with Gasteiger partial charge >= 0.3 is 11.9 Å². The minimum atomic E-state index is -0.527. The molecular weight excluding hydrogens is 310 g/mol. The van der Waals surface area contributed by atoms with Crippen LogP contribution in [0, 0.1) is 6.92 Å². The Morgan fingerprint density at radius 2 is 2.04 bits per heavy atom. The lowest BCUT2D eigenvalue weighted by Gasteiger charge is -2.04. The molecule has 0 amide bonds. The number of hydrogen-bond donors (Lipinski definition) is 0. The summed E-state index contributed by atoms with van der Waals surface area (Å²) in [7, 11) is 0. The van der Waals surface area contributed by atoms with Crippen molar-refractivity contribution in [3.8, 4) is 5.75 Å². The van der Waals surface area contributed by atoms with Crippen molar-refractivity contribution in [2.45, 2.75) is 13.8 Å². The average Bonchev–Trinajstić information content (AvgIpc) is 2.91. The van der Waals surface area contributed by atoms with Crippen LogP contribution >= 0.6 is 0 Å². The van der Waals surface area contributed by atoms with E-state index in [1.165, 1.54) is 6.20 Å². The number of carbonyl (C=O) groups is 2. The lowest BCUT2D eigenvalue weighted by atomic mass is 10.1. The molecular formula is C18H15NO5. The first kappa shape index (κ1) is 15.7. The summed E-state index contributed by atoms with van der Waals surface area (Å²) in [6.45, 7) is 3.69. The fourth-order valence-corrected chi connectivity index (χ4v) is 2.37. The van der Waals surface area contributed by atoms with Crippen LogP contribution < -0.4 is 4.74 Å². The summed E-state index contributed by atoms with van der Waals surface area (Å²) in [5.41, 5.74) is 1.20. The van der Waals surface area contributed by atoms with Crippen molar-refractivity contribution in [2.75, 3.05) is 6.61 Å². The van der Waals surface area contributed by atoms with Crippen molar-refractivity contribution in [2.24, 2.45) is 0 Å². The van der Waals surface area contributed by atoms with Gasteiger partial charge < -0.3 is 13.9 Å². The van der Waals surface area contributed by atoms with Gasteiger partial charge in [0, 0.05) is 17.8 Å². The molecule has 0 saturated carbocycles. The molecule has 0 bridgehead atoms. The predicted octanol–water partition coefficient (Wildman–Crippen LogP) is 3.53. The molecule has 0 aliphatic heterocycles. The Kier molecular flexibility index (Phi) is 4.29. The van der Waals surface area contributed by atoms with Crippen LogP contribution in [0.1, 0.15) is 33.4 Å². The van der Waals surface area contributed by atoms with E-state index in [9.17, 15) is 9.59 Å². The van der Waals surface area contributed by atoms with E-state index in [0.717, 1.165) is 0 Å². The van der Waals surface area contributed by atoms with Gasteiger partial charge in [0.1, 0.15) is 22.7 Å². The van der Waals surface area contributed by atoms with E-state index >= 15 is 0 Å². The molecule has 0 unspecified atom stereocenters. The normalized spacial score (nSPS) is 10.6. The zero-order valence-corrected chi connectivity index (χ0v) is 13.2. The Morgan fingerprint density at radius 1 is 1.21 bits per heavy atom. The number of hydrogen-bond acceptors (Lipinski definition) is 6. The highest BCUT2D eigenvalue weighted by Crippen LogP contribution is 2.30. The van der Waals surface area contributed by atoms with Gasteiger partial charge in [0.25, 0.3) is 0 Å². The lowest BCUT2D eigenvalue weighted by Crippen LogP contribution is -2.08. The Balaban J connectivity index is 1.94. The number of benzene rings is 1. The van der Waals surface area contributed by atoms with E-state index in [-0.39, 0.29) is 6.61 Å². The Labute approximate surface area is 138 Å². The SMILES string of the molecule is CCOC(=O)c1c(C)oc2ccc(OC(=O)c3cccnc3)cc12. The topological polar surface area (TPSA) is 78.6 Å². The highest BCUT2D eigenvalue weighted by molar-refractivity contribution is 6.05. The monoisotopic (exact) mass is 325 g/mol. The molecule has 2 aromatic heterocycles. The molecule has 24 heavy (non-hydrogen) atoms. The number of nitrogens with zero attached hydrogens (tertiary/aromatic N) is 1. The number of ether oxygens (including phenoxy) is 2. The number of furan rings is 1. The number of pyridine rings is 1. The molecule has 0 aliphatic rings. The third kappa shape index (κ3) is 2.99. The zero-order chi connectivity index (χ0) is 17.1. The minimum Gasteiger partial charge on any atom is -0.462 e. The molecule has 0 spiro atoms. The first-order valence-electron chi connectivity index (χ1n) is 7.42. The van der Waals surface area contributed by atoms with Gasteiger partial charge in [0.05, 0.1) is 12.2 Å². The summed E-state index contributed by atoms with van der Waals surface area (Å²) in [5.74, 6) is -0.230. The van der Waals surface area contributed by atoms with E-state index in [2.05, 4.69) is 4.98 Å². The molecule has 6 nitrogen and oxygen atoms in total. The molecule has 0 saturated heterocycles. The molecule has 0 atom stereocenters. The maximum atomic E-state index is 12.1. The zero-order valence-electron chi connectivity index (χ0n) is 13.2. The van der Waals surface area contributed by atoms with Crippen molar-refractivity contribution in [1.82, 2.24) is 4.98 Å². The van der Waals surface area contributed by atoms with Gasteiger partial charge in [-0.25, -0.2) is 9.59 Å². The van der Waals surface area contributed by atoms with Crippen LogP contribution in [0.5, 0.6) is 5.75 Å². The summed E-state index contributed by atoms with van der Waals surface area (Å²) >= 11 is 0. The number of aryl methyl sites for hydroxylation is 1. The third-order valence-electron chi connectivity index (χ3n) is 3.42. The van der Waals surface area contributed by atoms with Gasteiger partial charge in [-0.1, -0.05) is 0 Å². The first-order valence-corrected chi connectivity index (χ1v) is 7.42. The maximum absolute atomic E-state index is 12.1. The second-order valence-corrected chi connectivity index (χ2v) is 5.04. The van der Waals surface area contributed by atoms with E-state index in [0.29, 0.717) is 33.6 Å². The van der Waals surface area contributed by atoms with Crippen LogP contribution in [0.3, 0.4) is 0 Å². The summed E-state index contributed by atoms with van der Waals surface area (Å²) < 4.78 is 16.0. The second kappa shape index (κ2) is 6.54. The van der Waals surface area contributed by atoms with Crippen molar-refractivity contribution in [1.29, 1.82) is 0 Å². The average molecular weight is 325 g/mol. The van der Waals surface area contributed by atoms with Crippen molar-refractivity contribution in [3.05, 3.63) is 59.6 Å². The van der Waals surface area contributed by atoms with E-state index in [4.69, 9.17) is 13.9 Å². The van der Waals surface area contributed by atoms with Crippen molar-refractivity contribution < 1.29 is 23.5 Å². The largest absolute Gasteiger partial charge is 0.462 e. The van der Waals surface area contributed by atoms with Crippen LogP contribution in [0.2, 0.25) is 0 Å². The van der Waals surface area contributed by atoms with E-state index in [1.54, 1.807) is 50.4 Å². The van der Waals surface area contributed by atoms with Crippen molar-refractivity contribution in [3.63, 3.8) is 0 Å². The van der Waals surface area contributed by atoms with Crippen LogP contribution in [0.4, 0.5) is 0 Å². The van der Waals surface area contributed by atoms with E-state index < -0.39 is 11.9 Å². The number of carbonyl (C=O) groups excluding carboxylic acids is 2. The number of aromatic nitrogens is 1. The van der Waals surface area contributed by atoms with Crippen LogP contribution in [0.25, 0.3) is 11.0 Å². The fourth-order valence-electron chi connectivity index (χ4n) is 2.37. The highest BCUT2D eigenvalue weighted by atomic mass is 16.5. The molecule has 6 heteroatoms. The highest BCUT2D eigenvalue weighted by Gasteiger charge is 2.20. The molecule has 3 rings (SSSR count). The first-order chi connectivity index (χ1) is 11.6. The number of fused-ring (bicyclic) bond motifs is 1. The summed E-state index contributed by atoms with van der Waals surface area (Å²) in [4.78, 5) is 28.1. The molecule has 122 valence electrons. The van der Waals surface area contributed by atoms with Gasteiger partial charge in [-0.3, -0.25) is 4.98 Å². The summed E-state index contributed by atoms with van der Waals surface area (Å²) in [5, 5.41) is 0.544. The third-order valence-corrected chi connectivity index (χ3v) is 3.42. The van der Waals surface area contributed by atoms with Crippen molar-refractivity contribution >= 4 is 22.9 Å². The van der Waals surface area contributed by atoms with E-state index in [1.807, 2.05) is 0 Å². The molecule has 0 N–H and O–H groups in total. The predicted molar refractivity (Wildman–Crippen MR) is 86.1 cm³/mol. The molecule has 0 aliphatic carbocycles. The molecule has 0 radical (unpaired) electrons. The molecule has 0 fully saturated rings. The summed E-state index contributed by atoms with van der Waals surface area (Å²) in [6, 6.07) is 8.11. The second-order valence-electron chi connectivity index (χ2n) is 5.04. The molecule has 3 aromatic rings. The Morgan fingerprint density at radius 3 is 2.75 bits per heavy atom. The van der Waals surface area contributed by atoms with Gasteiger partial charge in [0.15, 0.2) is 0 Å². The smallest absolute Gasteiger partial charge is 0.345 e. The number of rotatable bonds is 4. The van der Waals surface area contributed by atoms with Crippen LogP contribution in [-0.4, -0.2) is 23.5 Å². The number of esters is 2. The van der Waals surface area contributed by atoms with Crippen LogP contribution in [-0.2, 0) is 4.74 Å². The van der Waals surface area contributed by atoms with Crippen LogP contribution in [0.15, 0.2) is 47.1 Å². The molecule has 1 aromatic carbocycles. The fraction of sp³-hybridized carbons (Fsp3) is 0.167. The van der Waals surface area contributed by atoms with Gasteiger partial charge in [-0.15, -0.1) is 0 Å². The standard InChI is InChI=1S/C18H15NO5/c1-3-22-18(21)16-11(2)23-15-7-6-13(9-14(15)16)24-17(20)12-5-4-8-19-10-12/h4-10H,3H2,1-2H3. The quantitative estimate of drug-likeness (QED) is 0.539. The Hall–Kier alpha value is -3.15. The maximum Gasteiger partial charge on any atom is 0.345 e. The molecule has 2 heterocycles. The summed E-state index contributed by atoms with van der Waals surface area (Å²) in [6.07, 6.45) is 3.00. The minimum absolute atomic E-state index is 0.265. The van der Waals surface area contributed by atoms with Gasteiger partial charge in [-0.2, -0.15) is 0 Å². The van der Waals surface area contributed by atoms with Gasteiger partial charge in [-0.05, 0) is 44.2 Å². The van der Waals surface area contributed by atoms with Gasteiger partial charge in [0.2, 0.25) is 0 Å².